The molecule has 212 valence electrons. The average Bonchev–Trinajstić information content (AvgIpc) is 2.86. The number of esters is 1. The number of aliphatic hydroxyl groups is 1. The van der Waals surface area contributed by atoms with Gasteiger partial charge in [0.05, 0.1) is 12.5 Å². The number of carbonyl (C=O) groups is 2. The summed E-state index contributed by atoms with van der Waals surface area (Å²) in [6, 6.07) is 0. The van der Waals surface area contributed by atoms with E-state index >= 15 is 0 Å². The monoisotopic (exact) mass is 524 g/mol. The van der Waals surface area contributed by atoms with Gasteiger partial charge in [-0.3, -0.25) is 9.59 Å². The lowest BCUT2D eigenvalue weighted by molar-refractivity contribution is -0.192. The zero-order valence-electron chi connectivity index (χ0n) is 25.5. The minimum Gasteiger partial charge on any atom is -0.469 e. The Labute approximate surface area is 231 Å². The average molecular weight is 525 g/mol. The fraction of sp³-hybridized carbons (Fsp3) is 0.824. The predicted octanol–water partition coefficient (Wildman–Crippen LogP) is 7.30. The van der Waals surface area contributed by atoms with Crippen molar-refractivity contribution in [1.82, 2.24) is 0 Å². The van der Waals surface area contributed by atoms with Crippen LogP contribution >= 0.6 is 0 Å². The van der Waals surface area contributed by atoms with Crippen molar-refractivity contribution >= 4 is 11.8 Å². The van der Waals surface area contributed by atoms with Gasteiger partial charge in [0.25, 0.3) is 0 Å². The van der Waals surface area contributed by atoms with Gasteiger partial charge in [0.2, 0.25) is 0 Å². The highest BCUT2D eigenvalue weighted by molar-refractivity contribution is 5.96. The molecule has 0 heterocycles. The van der Waals surface area contributed by atoms with Crippen LogP contribution < -0.4 is 0 Å². The Morgan fingerprint density at radius 3 is 2.32 bits per heavy atom. The maximum atomic E-state index is 14.5. The Kier molecular flexibility index (Phi) is 6.32. The molecule has 0 saturated heterocycles. The van der Waals surface area contributed by atoms with Crippen LogP contribution in [0.25, 0.3) is 0 Å². The summed E-state index contributed by atoms with van der Waals surface area (Å²) in [6.45, 7) is 18.7. The van der Waals surface area contributed by atoms with E-state index in [9.17, 15) is 14.7 Å². The normalized spacial score (nSPS) is 49.5. The molecular formula is C34H52O4. The Morgan fingerprint density at radius 1 is 1.05 bits per heavy atom. The molecule has 5 rings (SSSR count). The SMILES string of the molecule is CCC1=C[C@]2(C)C3=CC(=O)[C@@H]4[C@@H]5CC(C)(C)CC[C@]5(C(=O)OC)CC[C@@]4(C)[C@]3(C)CC[C@H]2[C@](C)(CO)[C@H]1C. The quantitative estimate of drug-likeness (QED) is 0.311. The summed E-state index contributed by atoms with van der Waals surface area (Å²) < 4.78 is 5.46. The highest BCUT2D eigenvalue weighted by Crippen LogP contribution is 2.75. The van der Waals surface area contributed by atoms with Gasteiger partial charge in [-0.25, -0.2) is 0 Å². The number of rotatable bonds is 3. The summed E-state index contributed by atoms with van der Waals surface area (Å²) in [5.41, 5.74) is 1.46. The zero-order valence-corrected chi connectivity index (χ0v) is 25.5. The molecule has 0 unspecified atom stereocenters. The number of fused-ring (bicyclic) bond motifs is 7. The molecule has 3 saturated carbocycles. The van der Waals surface area contributed by atoms with Crippen molar-refractivity contribution in [1.29, 1.82) is 0 Å². The van der Waals surface area contributed by atoms with Gasteiger partial charge in [-0.1, -0.05) is 72.6 Å². The lowest BCUT2D eigenvalue weighted by Gasteiger charge is -2.69. The number of ether oxygens (including phenoxy) is 1. The van der Waals surface area contributed by atoms with Crippen LogP contribution in [0.15, 0.2) is 23.3 Å². The van der Waals surface area contributed by atoms with Crippen LogP contribution in [0.1, 0.15) is 107 Å². The highest BCUT2D eigenvalue weighted by Gasteiger charge is 2.71. The first-order chi connectivity index (χ1) is 17.6. The lowest BCUT2D eigenvalue weighted by Crippen LogP contribution is -2.66. The van der Waals surface area contributed by atoms with Crippen LogP contribution in [0.2, 0.25) is 0 Å². The first kappa shape index (κ1) is 28.1. The minimum absolute atomic E-state index is 0.0148. The topological polar surface area (TPSA) is 63.6 Å². The molecule has 0 aliphatic heterocycles. The summed E-state index contributed by atoms with van der Waals surface area (Å²) in [5.74, 6) is 0.602. The van der Waals surface area contributed by atoms with Gasteiger partial charge in [-0.05, 0) is 91.4 Å². The lowest BCUT2D eigenvalue weighted by atomic mass is 9.34. The number of hydrogen-bond donors (Lipinski definition) is 1. The second-order valence-electron chi connectivity index (χ2n) is 15.6. The molecule has 38 heavy (non-hydrogen) atoms. The molecule has 3 fully saturated rings. The summed E-state index contributed by atoms with van der Waals surface area (Å²) in [4.78, 5) is 28.0. The third-order valence-corrected chi connectivity index (χ3v) is 13.8. The summed E-state index contributed by atoms with van der Waals surface area (Å²) in [7, 11) is 1.52. The van der Waals surface area contributed by atoms with Crippen LogP contribution in [-0.2, 0) is 14.3 Å². The molecule has 0 spiro atoms. The number of allylic oxidation sites excluding steroid dienone is 4. The third-order valence-electron chi connectivity index (χ3n) is 13.8. The number of hydrogen-bond acceptors (Lipinski definition) is 4. The molecule has 0 radical (unpaired) electrons. The van der Waals surface area contributed by atoms with Gasteiger partial charge < -0.3 is 9.84 Å². The van der Waals surface area contributed by atoms with Crippen molar-refractivity contribution in [3.8, 4) is 0 Å². The minimum atomic E-state index is -0.544. The largest absolute Gasteiger partial charge is 0.469 e. The van der Waals surface area contributed by atoms with E-state index in [2.05, 4.69) is 61.5 Å². The Morgan fingerprint density at radius 2 is 1.71 bits per heavy atom. The molecular weight excluding hydrogens is 472 g/mol. The molecule has 1 N–H and O–H groups in total. The molecule has 0 aromatic heterocycles. The second kappa shape index (κ2) is 8.54. The maximum Gasteiger partial charge on any atom is 0.312 e. The van der Waals surface area contributed by atoms with Gasteiger partial charge in [0, 0.05) is 23.4 Å². The van der Waals surface area contributed by atoms with E-state index < -0.39 is 5.41 Å². The Hall–Kier alpha value is -1.42. The van der Waals surface area contributed by atoms with Gasteiger partial charge in [0.1, 0.15) is 0 Å². The van der Waals surface area contributed by atoms with Crippen molar-refractivity contribution in [2.24, 2.45) is 56.2 Å². The van der Waals surface area contributed by atoms with Gasteiger partial charge in [-0.2, -0.15) is 0 Å². The van der Waals surface area contributed by atoms with E-state index in [1.165, 1.54) is 18.3 Å². The van der Waals surface area contributed by atoms with Gasteiger partial charge in [0.15, 0.2) is 5.78 Å². The summed E-state index contributed by atoms with van der Waals surface area (Å²) >= 11 is 0. The standard InChI is InChI=1S/C34H52O4/c1-10-22-18-30(5)25(31(6,20-35)21(22)2)11-12-32(7)26(30)17-24(36)27-23-19-29(3,4)13-15-34(23,28(37)38-9)16-14-33(27,32)8/h17-18,21,23,25,27,35H,10-16,19-20H2,1-9H3/t21-,23-,25+,27-,30-,31+,32+,33+,34-/m0/s1. The molecule has 0 aromatic carbocycles. The summed E-state index contributed by atoms with van der Waals surface area (Å²) in [5, 5.41) is 10.8. The number of ketones is 1. The van der Waals surface area contributed by atoms with E-state index in [4.69, 9.17) is 4.74 Å². The molecule has 5 aliphatic rings. The van der Waals surface area contributed by atoms with Crippen LogP contribution in [0.4, 0.5) is 0 Å². The van der Waals surface area contributed by atoms with Crippen LogP contribution in [0.5, 0.6) is 0 Å². The molecule has 0 amide bonds. The smallest absolute Gasteiger partial charge is 0.312 e. The van der Waals surface area contributed by atoms with Crippen LogP contribution in [0.3, 0.4) is 0 Å². The molecule has 9 atom stereocenters. The fourth-order valence-corrected chi connectivity index (χ4v) is 11.0. The van der Waals surface area contributed by atoms with E-state index in [1.54, 1.807) is 0 Å². The number of carbonyl (C=O) groups excluding carboxylic acids is 2. The van der Waals surface area contributed by atoms with E-state index in [0.29, 0.717) is 11.8 Å². The van der Waals surface area contributed by atoms with Crippen LogP contribution in [-0.4, -0.2) is 30.6 Å². The summed E-state index contributed by atoms with van der Waals surface area (Å²) in [6.07, 6.45) is 12.0. The predicted molar refractivity (Wildman–Crippen MR) is 151 cm³/mol. The number of aliphatic hydroxyl groups excluding tert-OH is 1. The van der Waals surface area contributed by atoms with Crippen molar-refractivity contribution in [3.63, 3.8) is 0 Å². The highest BCUT2D eigenvalue weighted by atomic mass is 16.5. The van der Waals surface area contributed by atoms with Crippen LogP contribution in [0, 0.1) is 56.2 Å². The number of methoxy groups -OCH3 is 1. The van der Waals surface area contributed by atoms with E-state index in [0.717, 1.165) is 51.4 Å². The van der Waals surface area contributed by atoms with Crippen molar-refractivity contribution in [2.45, 2.75) is 107 Å². The molecule has 0 bridgehead atoms. The third kappa shape index (κ3) is 3.31. The molecule has 4 heteroatoms. The second-order valence-corrected chi connectivity index (χ2v) is 15.6. The van der Waals surface area contributed by atoms with Gasteiger partial charge >= 0.3 is 5.97 Å². The Bertz CT molecular complexity index is 1100. The van der Waals surface area contributed by atoms with Crippen molar-refractivity contribution in [2.75, 3.05) is 13.7 Å². The maximum absolute atomic E-state index is 14.5. The van der Waals surface area contributed by atoms with Crippen molar-refractivity contribution < 1.29 is 19.4 Å². The zero-order chi connectivity index (χ0) is 28.1. The van der Waals surface area contributed by atoms with Crippen molar-refractivity contribution in [3.05, 3.63) is 23.3 Å². The Balaban J connectivity index is 1.69. The van der Waals surface area contributed by atoms with Gasteiger partial charge in [-0.15, -0.1) is 0 Å². The molecule has 5 aliphatic carbocycles. The first-order valence-corrected chi connectivity index (χ1v) is 15.3. The molecule has 0 aromatic rings. The fourth-order valence-electron chi connectivity index (χ4n) is 11.0. The van der Waals surface area contributed by atoms with E-state index in [1.807, 2.05) is 6.08 Å². The first-order valence-electron chi connectivity index (χ1n) is 15.3. The molecule has 4 nitrogen and oxygen atoms in total. The van der Waals surface area contributed by atoms with E-state index in [-0.39, 0.29) is 57.3 Å².